The summed E-state index contributed by atoms with van der Waals surface area (Å²) in [6, 6.07) is 4.89. The Morgan fingerprint density at radius 2 is 2.00 bits per heavy atom. The predicted octanol–water partition coefficient (Wildman–Crippen LogP) is 0.548. The summed E-state index contributed by atoms with van der Waals surface area (Å²) in [5.41, 5.74) is -4.02. The molecule has 0 amide bonds. The summed E-state index contributed by atoms with van der Waals surface area (Å²) < 4.78 is 36.6. The highest BCUT2D eigenvalue weighted by atomic mass is 32.5. The number of benzene rings is 1. The number of aromatic amines is 1. The van der Waals surface area contributed by atoms with E-state index in [0.717, 1.165) is 29.0 Å². The number of aliphatic hydroxyl groups excluding tert-OH is 1. The lowest BCUT2D eigenvalue weighted by Gasteiger charge is -2.28. The second kappa shape index (κ2) is 11.9. The summed E-state index contributed by atoms with van der Waals surface area (Å²) in [4.78, 5) is 38.1. The van der Waals surface area contributed by atoms with E-state index in [2.05, 4.69) is 5.09 Å². The van der Waals surface area contributed by atoms with Crippen LogP contribution in [0.25, 0.3) is 0 Å². The Morgan fingerprint density at radius 3 is 2.58 bits per heavy atom. The first kappa shape index (κ1) is 29.7. The molecule has 38 heavy (non-hydrogen) atoms. The molecule has 4 N–H and O–H groups in total. The van der Waals surface area contributed by atoms with Crippen LogP contribution in [0.3, 0.4) is 0 Å². The Kier molecular flexibility index (Phi) is 9.27. The second-order valence-corrected chi connectivity index (χ2v) is 11.8. The van der Waals surface area contributed by atoms with E-state index < -0.39 is 72.5 Å². The van der Waals surface area contributed by atoms with Crippen molar-refractivity contribution in [2.45, 2.75) is 57.0 Å². The molecule has 1 saturated heterocycles. The highest BCUT2D eigenvalue weighted by molar-refractivity contribution is 8.09. The summed E-state index contributed by atoms with van der Waals surface area (Å²) in [7, 11) is 0. The van der Waals surface area contributed by atoms with Gasteiger partial charge in [-0.05, 0) is 56.8 Å². The maximum Gasteiger partial charge on any atom is 0.330 e. The maximum absolute atomic E-state index is 13.4. The second-order valence-electron chi connectivity index (χ2n) is 8.63. The van der Waals surface area contributed by atoms with Crippen molar-refractivity contribution in [2.75, 3.05) is 6.61 Å². The van der Waals surface area contributed by atoms with Gasteiger partial charge in [0.25, 0.3) is 5.56 Å². The normalized spacial score (nSPS) is 25.4. The van der Waals surface area contributed by atoms with Gasteiger partial charge in [0, 0.05) is 12.3 Å². The van der Waals surface area contributed by atoms with Crippen LogP contribution in [-0.2, 0) is 30.6 Å². The molecule has 0 bridgehead atoms. The van der Waals surface area contributed by atoms with Crippen molar-refractivity contribution < 1.29 is 37.9 Å². The fraction of sp³-hybridized carbons (Fsp3) is 0.435. The highest BCUT2D eigenvalue weighted by Crippen LogP contribution is 2.47. The van der Waals surface area contributed by atoms with Gasteiger partial charge in [-0.25, -0.2) is 14.3 Å². The van der Waals surface area contributed by atoms with E-state index in [9.17, 15) is 29.0 Å². The zero-order valence-corrected chi connectivity index (χ0v) is 22.3. The summed E-state index contributed by atoms with van der Waals surface area (Å²) >= 11 is 5.56. The van der Waals surface area contributed by atoms with Crippen molar-refractivity contribution in [3.63, 3.8) is 0 Å². The van der Waals surface area contributed by atoms with Crippen LogP contribution in [0, 0.1) is 18.2 Å². The van der Waals surface area contributed by atoms with E-state index in [1.54, 1.807) is 13.8 Å². The van der Waals surface area contributed by atoms with E-state index in [1.165, 1.54) is 19.1 Å². The molecule has 15 heteroatoms. The first-order valence-electron chi connectivity index (χ1n) is 11.3. The third-order valence-electron chi connectivity index (χ3n) is 5.32. The largest absolute Gasteiger partial charge is 0.462 e. The molecular weight excluding hydrogens is 544 g/mol. The molecule has 12 nitrogen and oxygen atoms in total. The number of hydrogen-bond donors (Lipinski definition) is 4. The fourth-order valence-corrected chi connectivity index (χ4v) is 5.89. The van der Waals surface area contributed by atoms with Crippen molar-refractivity contribution >= 4 is 24.4 Å². The Balaban J connectivity index is 1.85. The first-order chi connectivity index (χ1) is 17.8. The SMILES string of the molecule is C#C[C@@]1(O)[C@H](O)[C@@H](COP(=S)(N[C@@H](C)C(=O)OC(C)C)Oc2ccc(F)cc2)O[C@H]1n1ccc(=O)[nH]c1=O. The van der Waals surface area contributed by atoms with Gasteiger partial charge >= 0.3 is 18.3 Å². The average Bonchev–Trinajstić information content (AvgIpc) is 3.09. The average molecular weight is 572 g/mol. The molecule has 1 aromatic carbocycles. The van der Waals surface area contributed by atoms with Crippen LogP contribution in [0.4, 0.5) is 4.39 Å². The van der Waals surface area contributed by atoms with E-state index in [4.69, 9.17) is 36.8 Å². The van der Waals surface area contributed by atoms with Crippen molar-refractivity contribution in [1.29, 1.82) is 0 Å². The van der Waals surface area contributed by atoms with Gasteiger partial charge in [-0.1, -0.05) is 5.92 Å². The minimum Gasteiger partial charge on any atom is -0.462 e. The summed E-state index contributed by atoms with van der Waals surface area (Å²) in [5, 5.41) is 24.5. The topological polar surface area (TPSA) is 161 Å². The van der Waals surface area contributed by atoms with Gasteiger partial charge in [-0.2, -0.15) is 0 Å². The van der Waals surface area contributed by atoms with Gasteiger partial charge in [0.2, 0.25) is 0 Å². The van der Waals surface area contributed by atoms with Gasteiger partial charge < -0.3 is 28.7 Å². The summed E-state index contributed by atoms with van der Waals surface area (Å²) in [6.07, 6.45) is 1.41. The Labute approximate surface area is 221 Å². The van der Waals surface area contributed by atoms with Crippen molar-refractivity contribution in [3.8, 4) is 18.1 Å². The van der Waals surface area contributed by atoms with Gasteiger partial charge in [-0.3, -0.25) is 19.1 Å². The number of carbonyl (C=O) groups excluding carboxylic acids is 1. The van der Waals surface area contributed by atoms with Crippen LogP contribution in [0.1, 0.15) is 27.0 Å². The quantitative estimate of drug-likeness (QED) is 0.179. The molecule has 206 valence electrons. The number of halogens is 1. The van der Waals surface area contributed by atoms with E-state index in [1.807, 2.05) is 10.9 Å². The van der Waals surface area contributed by atoms with Crippen LogP contribution >= 0.6 is 6.64 Å². The van der Waals surface area contributed by atoms with Gasteiger partial charge in [-0.15, -0.1) is 6.42 Å². The minimum absolute atomic E-state index is 0.123. The molecule has 1 fully saturated rings. The van der Waals surface area contributed by atoms with Crippen molar-refractivity contribution in [2.24, 2.45) is 0 Å². The third-order valence-corrected chi connectivity index (χ3v) is 7.82. The highest BCUT2D eigenvalue weighted by Gasteiger charge is 2.56. The lowest BCUT2D eigenvalue weighted by Crippen LogP contribution is -2.48. The van der Waals surface area contributed by atoms with E-state index in [-0.39, 0.29) is 5.75 Å². The van der Waals surface area contributed by atoms with Crippen molar-refractivity contribution in [1.82, 2.24) is 14.6 Å². The Bertz CT molecular complexity index is 1360. The molecule has 1 aromatic heterocycles. The summed E-state index contributed by atoms with van der Waals surface area (Å²) in [6.45, 7) is 0.665. The van der Waals surface area contributed by atoms with Crippen LogP contribution in [0.15, 0.2) is 46.1 Å². The number of esters is 1. The van der Waals surface area contributed by atoms with Gasteiger partial charge in [0.1, 0.15) is 29.8 Å². The number of rotatable bonds is 10. The van der Waals surface area contributed by atoms with Crippen LogP contribution in [0.5, 0.6) is 5.75 Å². The monoisotopic (exact) mass is 571 g/mol. The number of nitrogens with zero attached hydrogens (tertiary/aromatic N) is 1. The van der Waals surface area contributed by atoms with Crippen LogP contribution in [-0.4, -0.2) is 62.3 Å². The number of carbonyl (C=O) groups is 1. The minimum atomic E-state index is -3.63. The first-order valence-corrected chi connectivity index (χ1v) is 13.9. The molecule has 0 saturated carbocycles. The molecule has 1 aliphatic heterocycles. The number of ether oxygens (including phenoxy) is 2. The predicted molar refractivity (Wildman–Crippen MR) is 136 cm³/mol. The van der Waals surface area contributed by atoms with Crippen molar-refractivity contribution in [3.05, 3.63) is 63.2 Å². The number of nitrogens with one attached hydrogen (secondary N) is 2. The van der Waals surface area contributed by atoms with E-state index in [0.29, 0.717) is 0 Å². The fourth-order valence-electron chi connectivity index (χ4n) is 3.47. The van der Waals surface area contributed by atoms with Crippen LogP contribution in [0.2, 0.25) is 0 Å². The molecule has 1 aliphatic rings. The lowest BCUT2D eigenvalue weighted by atomic mass is 9.95. The molecule has 6 atom stereocenters. The number of hydrogen-bond acceptors (Lipinski definition) is 10. The van der Waals surface area contributed by atoms with Gasteiger partial charge in [0.05, 0.1) is 12.7 Å². The molecule has 3 rings (SSSR count). The third kappa shape index (κ3) is 6.75. The smallest absolute Gasteiger partial charge is 0.330 e. The lowest BCUT2D eigenvalue weighted by molar-refractivity contribution is -0.149. The molecule has 0 spiro atoms. The number of terminal acetylenes is 1. The molecule has 0 radical (unpaired) electrons. The van der Waals surface area contributed by atoms with E-state index >= 15 is 0 Å². The molecule has 0 aliphatic carbocycles. The van der Waals surface area contributed by atoms with Crippen LogP contribution < -0.4 is 20.9 Å². The molecule has 2 aromatic rings. The zero-order valence-electron chi connectivity index (χ0n) is 20.6. The number of aromatic nitrogens is 2. The Hall–Kier alpha value is -2.89. The maximum atomic E-state index is 13.4. The summed E-state index contributed by atoms with van der Waals surface area (Å²) in [5.74, 6) is 0.991. The molecule has 2 heterocycles. The number of H-pyrrole nitrogens is 1. The molecule has 1 unspecified atom stereocenters. The number of aliphatic hydroxyl groups is 2. The zero-order chi connectivity index (χ0) is 28.3. The molecular formula is C23H27FN3O9PS. The standard InChI is InChI=1S/C23H27FN3O9PS/c1-5-23(32)19(29)17(35-21(23)27-11-10-18(28)25-22(27)31)12-33-37(38,26-14(4)20(30)34-13(2)3)36-16-8-6-15(24)7-9-16/h1,6-11,13-14,17,19,21,29,32H,12H2,2-4H3,(H,26,38)(H,25,28,31)/t14-,17+,19+,21+,23+,37?/m0/s1. The van der Waals surface area contributed by atoms with Gasteiger partial charge in [0.15, 0.2) is 11.8 Å². The Morgan fingerprint density at radius 1 is 1.34 bits per heavy atom.